The summed E-state index contributed by atoms with van der Waals surface area (Å²) in [5.41, 5.74) is -1.31. The van der Waals surface area contributed by atoms with E-state index in [2.05, 4.69) is 14.9 Å². The quantitative estimate of drug-likeness (QED) is 0.866. The van der Waals surface area contributed by atoms with E-state index in [0.29, 0.717) is 44.6 Å². The number of rotatable bonds is 4. The fraction of sp³-hybridized carbons (Fsp3) is 0.737. The molecule has 0 aromatic carbocycles. The number of hydrogen-bond donors (Lipinski definition) is 1. The minimum absolute atomic E-state index is 0.0234. The van der Waals surface area contributed by atoms with Crippen LogP contribution in [0, 0.1) is 13.8 Å². The predicted molar refractivity (Wildman–Crippen MR) is 97.9 cm³/mol. The van der Waals surface area contributed by atoms with Gasteiger partial charge in [0, 0.05) is 37.9 Å². The molecule has 2 aliphatic rings. The van der Waals surface area contributed by atoms with Crippen LogP contribution in [0.4, 0.5) is 14.6 Å². The average Bonchev–Trinajstić information content (AvgIpc) is 3.08. The Morgan fingerprint density at radius 3 is 2.41 bits per heavy atom. The van der Waals surface area contributed by atoms with Crippen molar-refractivity contribution in [3.63, 3.8) is 0 Å². The van der Waals surface area contributed by atoms with Crippen molar-refractivity contribution in [2.75, 3.05) is 25.0 Å². The van der Waals surface area contributed by atoms with E-state index in [1.165, 1.54) is 7.05 Å². The number of anilines is 1. The number of hydrogen-bond acceptors (Lipinski definition) is 5. The van der Waals surface area contributed by atoms with Crippen LogP contribution in [0.15, 0.2) is 6.07 Å². The Morgan fingerprint density at radius 2 is 1.85 bits per heavy atom. The molecule has 2 heterocycles. The molecule has 8 heteroatoms. The molecule has 1 N–H and O–H groups in total. The first-order valence-corrected chi connectivity index (χ1v) is 9.59. The lowest BCUT2D eigenvalue weighted by Gasteiger charge is -2.40. The molecule has 1 aromatic heterocycles. The van der Waals surface area contributed by atoms with E-state index in [4.69, 9.17) is 0 Å². The van der Waals surface area contributed by atoms with Crippen molar-refractivity contribution in [1.82, 2.24) is 14.9 Å². The van der Waals surface area contributed by atoms with Crippen molar-refractivity contribution in [1.29, 1.82) is 0 Å². The lowest BCUT2D eigenvalue weighted by Crippen LogP contribution is -2.59. The van der Waals surface area contributed by atoms with Gasteiger partial charge < -0.3 is 14.9 Å². The molecule has 1 aliphatic heterocycles. The smallest absolute Gasteiger partial charge is 0.352 e. The minimum atomic E-state index is -3.74. The summed E-state index contributed by atoms with van der Waals surface area (Å²) in [7, 11) is 1.42. The lowest BCUT2D eigenvalue weighted by molar-refractivity contribution is -0.201. The van der Waals surface area contributed by atoms with Crippen LogP contribution in [0.1, 0.15) is 50.0 Å². The molecule has 150 valence electrons. The van der Waals surface area contributed by atoms with Crippen molar-refractivity contribution in [3.05, 3.63) is 17.6 Å². The molecule has 0 atom stereocenters. The van der Waals surface area contributed by atoms with Crippen molar-refractivity contribution in [3.8, 4) is 0 Å². The van der Waals surface area contributed by atoms with Crippen LogP contribution in [-0.2, 0) is 4.79 Å². The summed E-state index contributed by atoms with van der Waals surface area (Å²) in [6.07, 6.45) is 2.17. The summed E-state index contributed by atoms with van der Waals surface area (Å²) < 4.78 is 29.3. The number of alkyl halides is 2. The first-order chi connectivity index (χ1) is 12.6. The van der Waals surface area contributed by atoms with Gasteiger partial charge in [-0.1, -0.05) is 12.8 Å². The summed E-state index contributed by atoms with van der Waals surface area (Å²) in [6.45, 7) is 5.01. The second kappa shape index (κ2) is 7.30. The van der Waals surface area contributed by atoms with Gasteiger partial charge in [-0.15, -0.1) is 0 Å². The highest BCUT2D eigenvalue weighted by Gasteiger charge is 2.60. The molecule has 2 fully saturated rings. The van der Waals surface area contributed by atoms with Crippen LogP contribution in [0.3, 0.4) is 0 Å². The van der Waals surface area contributed by atoms with Gasteiger partial charge in [0.1, 0.15) is 17.2 Å². The number of nitrogens with zero attached hydrogens (tertiary/aromatic N) is 4. The van der Waals surface area contributed by atoms with Crippen LogP contribution < -0.4 is 4.90 Å². The van der Waals surface area contributed by atoms with Crippen LogP contribution in [-0.4, -0.2) is 63.6 Å². The fourth-order valence-electron chi connectivity index (χ4n) is 4.20. The Labute approximate surface area is 158 Å². The van der Waals surface area contributed by atoms with E-state index in [0.717, 1.165) is 16.4 Å². The third-order valence-electron chi connectivity index (χ3n) is 5.89. The highest BCUT2D eigenvalue weighted by atomic mass is 19.3. The Hall–Kier alpha value is -1.83. The zero-order chi connectivity index (χ0) is 19.8. The number of piperidine rings is 1. The van der Waals surface area contributed by atoms with Gasteiger partial charge in [0.15, 0.2) is 0 Å². The number of carbonyl (C=O) groups is 1. The fourth-order valence-corrected chi connectivity index (χ4v) is 4.20. The Balaban J connectivity index is 1.64. The van der Waals surface area contributed by atoms with Crippen LogP contribution in [0.2, 0.25) is 0 Å². The van der Waals surface area contributed by atoms with E-state index in [1.54, 1.807) is 0 Å². The van der Waals surface area contributed by atoms with Crippen molar-refractivity contribution in [2.24, 2.45) is 0 Å². The van der Waals surface area contributed by atoms with Crippen molar-refractivity contribution >= 4 is 11.7 Å². The van der Waals surface area contributed by atoms with Gasteiger partial charge in [0.25, 0.3) is 5.91 Å². The number of carbonyl (C=O) groups excluding carboxylic acids is 1. The van der Waals surface area contributed by atoms with Gasteiger partial charge in [-0.3, -0.25) is 4.79 Å². The molecule has 0 radical (unpaired) electrons. The van der Waals surface area contributed by atoms with Crippen LogP contribution in [0.25, 0.3) is 0 Å². The molecular formula is C19H28F2N4O2. The van der Waals surface area contributed by atoms with Crippen molar-refractivity contribution < 1.29 is 18.7 Å². The number of aliphatic hydroxyl groups is 1. The SMILES string of the molecule is Cc1cc(N2CCC(N(C)C(=O)C(F)(F)C3(O)CCCC3)CC2)nc(C)n1. The average molecular weight is 382 g/mol. The molecule has 1 saturated carbocycles. The van der Waals surface area contributed by atoms with E-state index in [1.807, 2.05) is 19.9 Å². The van der Waals surface area contributed by atoms with Gasteiger partial charge in [0.2, 0.25) is 0 Å². The first kappa shape index (κ1) is 19.9. The largest absolute Gasteiger partial charge is 0.383 e. The topological polar surface area (TPSA) is 69.6 Å². The maximum atomic E-state index is 14.7. The Kier molecular flexibility index (Phi) is 5.38. The van der Waals surface area contributed by atoms with Gasteiger partial charge in [-0.2, -0.15) is 8.78 Å². The molecule has 0 spiro atoms. The molecule has 1 aliphatic carbocycles. The number of amides is 1. The van der Waals surface area contributed by atoms with Gasteiger partial charge >= 0.3 is 5.92 Å². The molecular weight excluding hydrogens is 354 g/mol. The third kappa shape index (κ3) is 3.77. The molecule has 1 aromatic rings. The predicted octanol–water partition coefficient (Wildman–Crippen LogP) is 2.46. The van der Waals surface area contributed by atoms with Gasteiger partial charge in [0.05, 0.1) is 0 Å². The monoisotopic (exact) mass is 382 g/mol. The number of halogens is 2. The molecule has 27 heavy (non-hydrogen) atoms. The summed E-state index contributed by atoms with van der Waals surface area (Å²) in [5, 5.41) is 10.3. The Bertz CT molecular complexity index is 679. The normalized spacial score (nSPS) is 20.7. The second-order valence-corrected chi connectivity index (χ2v) is 7.86. The third-order valence-corrected chi connectivity index (χ3v) is 5.89. The standard InChI is InChI=1S/C19H28F2N4O2/c1-13-12-16(23-14(2)22-13)25-10-6-15(7-11-25)24(3)17(26)19(20,21)18(27)8-4-5-9-18/h12,15,27H,4-11H2,1-3H3. The van der Waals surface area contributed by atoms with Gasteiger partial charge in [-0.25, -0.2) is 9.97 Å². The first-order valence-electron chi connectivity index (χ1n) is 9.59. The molecule has 3 rings (SSSR count). The molecule has 1 saturated heterocycles. The zero-order valence-corrected chi connectivity index (χ0v) is 16.2. The second-order valence-electron chi connectivity index (χ2n) is 7.86. The van der Waals surface area contributed by atoms with Crippen LogP contribution >= 0.6 is 0 Å². The summed E-state index contributed by atoms with van der Waals surface area (Å²) in [6, 6.07) is 1.64. The maximum absolute atomic E-state index is 14.7. The van der Waals surface area contributed by atoms with E-state index < -0.39 is 17.4 Å². The summed E-state index contributed by atoms with van der Waals surface area (Å²) >= 11 is 0. The zero-order valence-electron chi connectivity index (χ0n) is 16.2. The van der Waals surface area contributed by atoms with E-state index >= 15 is 0 Å². The molecule has 6 nitrogen and oxygen atoms in total. The molecule has 0 unspecified atom stereocenters. The minimum Gasteiger partial charge on any atom is -0.383 e. The van der Waals surface area contributed by atoms with E-state index in [-0.39, 0.29) is 18.9 Å². The highest BCUT2D eigenvalue weighted by molar-refractivity contribution is 5.85. The summed E-state index contributed by atoms with van der Waals surface area (Å²) in [5.74, 6) is -3.48. The number of aryl methyl sites for hydroxylation is 2. The van der Waals surface area contributed by atoms with Crippen LogP contribution in [0.5, 0.6) is 0 Å². The van der Waals surface area contributed by atoms with Gasteiger partial charge in [-0.05, 0) is 39.5 Å². The van der Waals surface area contributed by atoms with E-state index in [9.17, 15) is 18.7 Å². The highest BCUT2D eigenvalue weighted by Crippen LogP contribution is 2.43. The lowest BCUT2D eigenvalue weighted by atomic mass is 9.91. The number of aromatic nitrogens is 2. The Morgan fingerprint density at radius 1 is 1.26 bits per heavy atom. The molecule has 1 amide bonds. The van der Waals surface area contributed by atoms with Crippen molar-refractivity contribution in [2.45, 2.75) is 69.9 Å². The summed E-state index contributed by atoms with van der Waals surface area (Å²) in [4.78, 5) is 24.4. The maximum Gasteiger partial charge on any atom is 0.352 e. The molecule has 0 bridgehead atoms.